The van der Waals surface area contributed by atoms with Gasteiger partial charge in [0.05, 0.1) is 7.11 Å². The largest absolute Gasteiger partial charge is 0.469 e. The van der Waals surface area contributed by atoms with Crippen molar-refractivity contribution in [3.8, 4) is 0 Å². The van der Waals surface area contributed by atoms with Crippen molar-refractivity contribution in [1.82, 2.24) is 0 Å². The summed E-state index contributed by atoms with van der Waals surface area (Å²) in [4.78, 5) is 11.0. The highest BCUT2D eigenvalue weighted by Gasteiger charge is 2.19. The maximum Gasteiger partial charge on any atom is 0.305 e. The molecule has 1 atom stereocenters. The molecule has 0 aliphatic carbocycles. The molecule has 0 spiro atoms. The van der Waals surface area contributed by atoms with E-state index in [0.717, 1.165) is 38.5 Å². The van der Waals surface area contributed by atoms with Crippen LogP contribution in [0.1, 0.15) is 90.4 Å². The van der Waals surface area contributed by atoms with Crippen LogP contribution in [0.2, 0.25) is 19.6 Å². The second-order valence-corrected chi connectivity index (χ2v) is 13.1. The first-order valence-corrected chi connectivity index (χ1v) is 14.8. The van der Waals surface area contributed by atoms with E-state index in [1.165, 1.54) is 45.6 Å². The molecule has 4 heteroatoms. The first kappa shape index (κ1) is 27.1. The molecule has 28 heavy (non-hydrogen) atoms. The minimum Gasteiger partial charge on any atom is -0.469 e. The van der Waals surface area contributed by atoms with Crippen molar-refractivity contribution < 1.29 is 14.0 Å². The van der Waals surface area contributed by atoms with Crippen molar-refractivity contribution in [2.24, 2.45) is 0 Å². The molecule has 0 N–H and O–H groups in total. The lowest BCUT2D eigenvalue weighted by Gasteiger charge is -2.25. The minimum absolute atomic E-state index is 0.0818. The number of hydrogen-bond acceptors (Lipinski definition) is 3. The quantitative estimate of drug-likeness (QED) is 0.101. The predicted molar refractivity (Wildman–Crippen MR) is 124 cm³/mol. The Morgan fingerprint density at radius 2 is 1.46 bits per heavy atom. The van der Waals surface area contributed by atoms with E-state index in [1.807, 2.05) is 0 Å². The lowest BCUT2D eigenvalue weighted by molar-refractivity contribution is -0.140. The van der Waals surface area contributed by atoms with Gasteiger partial charge in [-0.1, -0.05) is 63.3 Å². The molecule has 0 aromatic carbocycles. The molecule has 0 radical (unpaired) electrons. The van der Waals surface area contributed by atoms with E-state index >= 15 is 0 Å². The van der Waals surface area contributed by atoms with Gasteiger partial charge in [-0.3, -0.25) is 4.79 Å². The Kier molecular flexibility index (Phi) is 17.6. The number of esters is 1. The minimum atomic E-state index is -1.48. The molecule has 164 valence electrons. The fourth-order valence-electron chi connectivity index (χ4n) is 3.17. The molecular weight excluding hydrogens is 364 g/mol. The first-order chi connectivity index (χ1) is 13.4. The smallest absolute Gasteiger partial charge is 0.305 e. The number of ether oxygens (including phenoxy) is 1. The fraction of sp³-hybridized carbons (Fsp3) is 0.792. The molecular formula is C24H46O3Si. The molecule has 0 saturated heterocycles. The number of unbranched alkanes of at least 4 members (excludes halogenated alkanes) is 7. The topological polar surface area (TPSA) is 35.5 Å². The number of methoxy groups -OCH3 is 1. The molecule has 3 nitrogen and oxygen atoms in total. The van der Waals surface area contributed by atoms with Crippen LogP contribution in [0.4, 0.5) is 0 Å². The van der Waals surface area contributed by atoms with E-state index in [-0.39, 0.29) is 5.97 Å². The van der Waals surface area contributed by atoms with E-state index in [1.54, 1.807) is 0 Å². The summed E-state index contributed by atoms with van der Waals surface area (Å²) in [5.41, 5.74) is 0. The number of allylic oxidation sites excluding steroid dienone is 3. The van der Waals surface area contributed by atoms with Crippen molar-refractivity contribution >= 4 is 14.3 Å². The molecule has 0 rings (SSSR count). The van der Waals surface area contributed by atoms with Crippen LogP contribution in [-0.2, 0) is 14.0 Å². The van der Waals surface area contributed by atoms with Crippen LogP contribution in [0.15, 0.2) is 24.3 Å². The Hall–Kier alpha value is -0.873. The molecule has 0 aromatic heterocycles. The van der Waals surface area contributed by atoms with Gasteiger partial charge in [-0.2, -0.15) is 0 Å². The highest BCUT2D eigenvalue weighted by atomic mass is 28.4. The molecule has 0 heterocycles. The molecule has 0 aromatic rings. The standard InChI is InChI=1S/C24H46O3Si/c1-6-7-8-17-20-23(27-28(3,4)5)21-18-15-13-11-9-10-12-14-16-19-22-24(25)26-2/h7-8,15,18,23H,6,9-14,16-17,19-22H2,1-5H3/b8-7-,18-15-/t23-/m1/s1. The van der Waals surface area contributed by atoms with Crippen molar-refractivity contribution in [1.29, 1.82) is 0 Å². The van der Waals surface area contributed by atoms with Gasteiger partial charge in [0.25, 0.3) is 0 Å². The number of carbonyl (C=O) groups is 1. The Labute approximate surface area is 176 Å². The number of rotatable bonds is 18. The maximum atomic E-state index is 11.0. The predicted octanol–water partition coefficient (Wildman–Crippen LogP) is 7.58. The molecule has 0 saturated carbocycles. The van der Waals surface area contributed by atoms with Gasteiger partial charge in [-0.25, -0.2) is 0 Å². The van der Waals surface area contributed by atoms with E-state index in [4.69, 9.17) is 4.43 Å². The molecule has 0 aliphatic rings. The van der Waals surface area contributed by atoms with Gasteiger partial charge in [-0.15, -0.1) is 0 Å². The van der Waals surface area contributed by atoms with Crippen molar-refractivity contribution in [2.75, 3.05) is 7.11 Å². The molecule has 0 fully saturated rings. The first-order valence-electron chi connectivity index (χ1n) is 11.4. The van der Waals surface area contributed by atoms with Gasteiger partial charge in [0, 0.05) is 12.5 Å². The Morgan fingerprint density at radius 3 is 2.07 bits per heavy atom. The van der Waals surface area contributed by atoms with Gasteiger partial charge in [-0.05, 0) is 64.6 Å². The van der Waals surface area contributed by atoms with Crippen LogP contribution in [0.5, 0.6) is 0 Å². The summed E-state index contributed by atoms with van der Waals surface area (Å²) in [6.07, 6.45) is 24.2. The summed E-state index contributed by atoms with van der Waals surface area (Å²) in [5, 5.41) is 0. The zero-order chi connectivity index (χ0) is 21.1. The van der Waals surface area contributed by atoms with Gasteiger partial charge in [0.1, 0.15) is 0 Å². The van der Waals surface area contributed by atoms with Gasteiger partial charge in [0.2, 0.25) is 0 Å². The van der Waals surface area contributed by atoms with Crippen molar-refractivity contribution in [2.45, 2.75) is 116 Å². The van der Waals surface area contributed by atoms with Crippen LogP contribution in [0.25, 0.3) is 0 Å². The molecule has 0 bridgehead atoms. The van der Waals surface area contributed by atoms with Gasteiger partial charge in [0.15, 0.2) is 8.32 Å². The van der Waals surface area contributed by atoms with Gasteiger partial charge >= 0.3 is 5.97 Å². The monoisotopic (exact) mass is 410 g/mol. The third-order valence-electron chi connectivity index (χ3n) is 4.62. The summed E-state index contributed by atoms with van der Waals surface area (Å²) in [5.74, 6) is -0.0818. The maximum absolute atomic E-state index is 11.0. The summed E-state index contributed by atoms with van der Waals surface area (Å²) in [6, 6.07) is 0. The molecule has 0 aliphatic heterocycles. The lowest BCUT2D eigenvalue weighted by Crippen LogP contribution is -2.31. The van der Waals surface area contributed by atoms with Crippen LogP contribution >= 0.6 is 0 Å². The number of carbonyl (C=O) groups excluding carboxylic acids is 1. The second-order valence-electron chi connectivity index (χ2n) is 8.61. The lowest BCUT2D eigenvalue weighted by atomic mass is 10.1. The van der Waals surface area contributed by atoms with Crippen LogP contribution < -0.4 is 0 Å². The Balaban J connectivity index is 3.76. The molecule has 0 unspecified atom stereocenters. The second kappa shape index (κ2) is 18.2. The van der Waals surface area contributed by atoms with E-state index in [2.05, 4.69) is 55.6 Å². The summed E-state index contributed by atoms with van der Waals surface area (Å²) in [7, 11) is -0.0217. The normalized spacial score (nSPS) is 13.5. The average Bonchev–Trinajstić information content (AvgIpc) is 2.64. The highest BCUT2D eigenvalue weighted by molar-refractivity contribution is 6.69. The fourth-order valence-corrected chi connectivity index (χ4v) is 4.39. The third kappa shape index (κ3) is 19.9. The Bertz CT molecular complexity index is 424. The SMILES string of the molecule is CC/C=C\CC[C@H](C/C=C\CCCCCCCCCC(=O)OC)O[Si](C)(C)C. The Morgan fingerprint density at radius 1 is 0.857 bits per heavy atom. The number of hydrogen-bond donors (Lipinski definition) is 0. The van der Waals surface area contributed by atoms with Crippen molar-refractivity contribution in [3.05, 3.63) is 24.3 Å². The van der Waals surface area contributed by atoms with E-state index in [9.17, 15) is 4.79 Å². The summed E-state index contributed by atoms with van der Waals surface area (Å²) in [6.45, 7) is 9.02. The van der Waals surface area contributed by atoms with E-state index in [0.29, 0.717) is 12.5 Å². The van der Waals surface area contributed by atoms with Crippen molar-refractivity contribution in [3.63, 3.8) is 0 Å². The van der Waals surface area contributed by atoms with Gasteiger partial charge < -0.3 is 9.16 Å². The average molecular weight is 411 g/mol. The van der Waals surface area contributed by atoms with Crippen LogP contribution in [-0.4, -0.2) is 27.5 Å². The summed E-state index contributed by atoms with van der Waals surface area (Å²) < 4.78 is 11.0. The molecule has 0 amide bonds. The van der Waals surface area contributed by atoms with Crippen LogP contribution in [0.3, 0.4) is 0 Å². The zero-order valence-electron chi connectivity index (χ0n) is 19.3. The van der Waals surface area contributed by atoms with Crippen LogP contribution in [0, 0.1) is 0 Å². The van der Waals surface area contributed by atoms with E-state index < -0.39 is 8.32 Å². The highest BCUT2D eigenvalue weighted by Crippen LogP contribution is 2.16. The third-order valence-corrected chi connectivity index (χ3v) is 5.66. The summed E-state index contributed by atoms with van der Waals surface area (Å²) >= 11 is 0. The zero-order valence-corrected chi connectivity index (χ0v) is 20.3.